The molecule has 8 heteroatoms. The first kappa shape index (κ1) is 20.3. The largest absolute Gasteiger partial charge is 0.490 e. The molecule has 1 saturated heterocycles. The van der Waals surface area contributed by atoms with Gasteiger partial charge in [0.05, 0.1) is 24.5 Å². The third-order valence-electron chi connectivity index (χ3n) is 3.74. The Balaban J connectivity index is 0.00000144. The molecule has 1 aromatic heterocycles. The molecule has 3 rings (SSSR count). The number of hydrogen-bond acceptors (Lipinski definition) is 4. The number of anilines is 1. The first-order valence-electron chi connectivity index (χ1n) is 7.52. The summed E-state index contributed by atoms with van der Waals surface area (Å²) in [5.74, 6) is 0.789. The fourth-order valence-corrected chi connectivity index (χ4v) is 2.49. The number of nitrogens with zero attached hydrogens (tertiary/aromatic N) is 2. The van der Waals surface area contributed by atoms with Crippen LogP contribution in [-0.4, -0.2) is 35.2 Å². The molecule has 1 fully saturated rings. The van der Waals surface area contributed by atoms with E-state index >= 15 is 0 Å². The van der Waals surface area contributed by atoms with Crippen LogP contribution in [0, 0.1) is 5.92 Å². The van der Waals surface area contributed by atoms with Gasteiger partial charge in [0.1, 0.15) is 12.4 Å². The Labute approximate surface area is 153 Å². The van der Waals surface area contributed by atoms with Crippen LogP contribution in [0.2, 0.25) is 0 Å². The van der Waals surface area contributed by atoms with Crippen LogP contribution in [0.1, 0.15) is 6.42 Å². The summed E-state index contributed by atoms with van der Waals surface area (Å²) in [6, 6.07) is 7.54. The lowest BCUT2D eigenvalue weighted by atomic mass is 10.1. The molecule has 2 heterocycles. The smallest absolute Gasteiger partial charge is 0.228 e. The molecular weight excluding hydrogens is 351 g/mol. The minimum atomic E-state index is 0. The van der Waals surface area contributed by atoms with Gasteiger partial charge in [-0.15, -0.1) is 24.8 Å². The molecule has 2 N–H and O–H groups in total. The van der Waals surface area contributed by atoms with Crippen LogP contribution in [0.3, 0.4) is 0 Å². The number of rotatable bonds is 6. The van der Waals surface area contributed by atoms with Gasteiger partial charge < -0.3 is 19.9 Å². The Morgan fingerprint density at radius 3 is 2.92 bits per heavy atom. The number of benzene rings is 1. The quantitative estimate of drug-likeness (QED) is 0.816. The van der Waals surface area contributed by atoms with Crippen molar-refractivity contribution in [1.29, 1.82) is 0 Å². The van der Waals surface area contributed by atoms with Crippen molar-refractivity contribution in [1.82, 2.24) is 14.9 Å². The van der Waals surface area contributed by atoms with Gasteiger partial charge >= 0.3 is 0 Å². The molecule has 0 spiro atoms. The number of aromatic nitrogens is 2. The van der Waals surface area contributed by atoms with Crippen LogP contribution in [-0.2, 0) is 11.3 Å². The predicted octanol–water partition coefficient (Wildman–Crippen LogP) is 2.35. The Morgan fingerprint density at radius 2 is 2.21 bits per heavy atom. The third kappa shape index (κ3) is 5.40. The van der Waals surface area contributed by atoms with Crippen molar-refractivity contribution in [3.05, 3.63) is 43.0 Å². The highest BCUT2D eigenvalue weighted by Gasteiger charge is 2.23. The second-order valence-corrected chi connectivity index (χ2v) is 5.32. The van der Waals surface area contributed by atoms with Gasteiger partial charge in [0.25, 0.3) is 0 Å². The third-order valence-corrected chi connectivity index (χ3v) is 3.74. The molecule has 1 aromatic carbocycles. The molecule has 0 bridgehead atoms. The first-order chi connectivity index (χ1) is 10.8. The molecule has 1 atom stereocenters. The van der Waals surface area contributed by atoms with Gasteiger partial charge in [0.15, 0.2) is 0 Å². The van der Waals surface area contributed by atoms with E-state index in [9.17, 15) is 4.79 Å². The fraction of sp³-hybridized carbons (Fsp3) is 0.375. The van der Waals surface area contributed by atoms with Crippen molar-refractivity contribution in [2.24, 2.45) is 5.92 Å². The summed E-state index contributed by atoms with van der Waals surface area (Å²) in [7, 11) is 0. The summed E-state index contributed by atoms with van der Waals surface area (Å²) in [5, 5.41) is 6.18. The highest BCUT2D eigenvalue weighted by atomic mass is 35.5. The van der Waals surface area contributed by atoms with Crippen molar-refractivity contribution in [2.45, 2.75) is 13.0 Å². The zero-order chi connectivity index (χ0) is 15.2. The van der Waals surface area contributed by atoms with Gasteiger partial charge in [-0.2, -0.15) is 0 Å². The number of carbonyl (C=O) groups is 1. The molecule has 0 saturated carbocycles. The summed E-state index contributed by atoms with van der Waals surface area (Å²) >= 11 is 0. The van der Waals surface area contributed by atoms with E-state index in [2.05, 4.69) is 15.6 Å². The zero-order valence-corrected chi connectivity index (χ0v) is 14.8. The van der Waals surface area contributed by atoms with Gasteiger partial charge in [0, 0.05) is 18.9 Å². The Kier molecular flexibility index (Phi) is 8.60. The Hall–Kier alpha value is -1.76. The molecule has 6 nitrogen and oxygen atoms in total. The molecule has 0 radical (unpaired) electrons. The maximum absolute atomic E-state index is 12.2. The van der Waals surface area contributed by atoms with E-state index in [1.54, 1.807) is 12.5 Å². The van der Waals surface area contributed by atoms with E-state index in [0.717, 1.165) is 31.7 Å². The topological polar surface area (TPSA) is 68.2 Å². The maximum Gasteiger partial charge on any atom is 0.228 e. The summed E-state index contributed by atoms with van der Waals surface area (Å²) in [6.07, 6.45) is 6.27. The van der Waals surface area contributed by atoms with E-state index in [4.69, 9.17) is 4.74 Å². The van der Waals surface area contributed by atoms with Gasteiger partial charge in [-0.3, -0.25) is 4.79 Å². The van der Waals surface area contributed by atoms with Crippen LogP contribution in [0.25, 0.3) is 0 Å². The van der Waals surface area contributed by atoms with E-state index in [1.807, 2.05) is 35.0 Å². The number of nitrogens with one attached hydrogen (secondary N) is 2. The number of halogens is 2. The monoisotopic (exact) mass is 372 g/mol. The normalized spacial score (nSPS) is 15.9. The van der Waals surface area contributed by atoms with E-state index in [1.165, 1.54) is 0 Å². The number of hydrogen-bond donors (Lipinski definition) is 2. The number of carbonyl (C=O) groups excluding carboxylic acids is 1. The first-order valence-corrected chi connectivity index (χ1v) is 7.52. The second kappa shape index (κ2) is 10.2. The lowest BCUT2D eigenvalue weighted by Crippen LogP contribution is -2.25. The van der Waals surface area contributed by atoms with Crippen LogP contribution in [0.4, 0.5) is 5.69 Å². The number of imidazole rings is 1. The van der Waals surface area contributed by atoms with Gasteiger partial charge in [-0.1, -0.05) is 12.1 Å². The van der Waals surface area contributed by atoms with Crippen molar-refractivity contribution < 1.29 is 9.53 Å². The van der Waals surface area contributed by atoms with E-state index < -0.39 is 0 Å². The van der Waals surface area contributed by atoms with Crippen LogP contribution in [0.5, 0.6) is 5.75 Å². The number of ether oxygens (including phenoxy) is 1. The summed E-state index contributed by atoms with van der Waals surface area (Å²) in [4.78, 5) is 16.2. The zero-order valence-electron chi connectivity index (χ0n) is 13.2. The van der Waals surface area contributed by atoms with Gasteiger partial charge in [0.2, 0.25) is 5.91 Å². The van der Waals surface area contributed by atoms with Crippen molar-refractivity contribution in [3.63, 3.8) is 0 Å². The minimum Gasteiger partial charge on any atom is -0.490 e. The summed E-state index contributed by atoms with van der Waals surface area (Å²) in [6.45, 7) is 2.89. The van der Waals surface area contributed by atoms with E-state index in [0.29, 0.717) is 12.4 Å². The standard InChI is InChI=1S/C16H20N4O2.2ClH/c21-16(13-5-6-17-11-13)19-14-3-1-2-4-15(14)22-10-9-20-8-7-18-12-20;;/h1-4,7-8,12-13,17H,5-6,9-11H2,(H,19,21);2*1H. The lowest BCUT2D eigenvalue weighted by molar-refractivity contribution is -0.119. The van der Waals surface area contributed by atoms with Crippen LogP contribution in [0.15, 0.2) is 43.0 Å². The van der Waals surface area contributed by atoms with Crippen LogP contribution < -0.4 is 15.4 Å². The van der Waals surface area contributed by atoms with Crippen molar-refractivity contribution in [3.8, 4) is 5.75 Å². The molecule has 1 aliphatic rings. The van der Waals surface area contributed by atoms with E-state index in [-0.39, 0.29) is 36.6 Å². The Bertz CT molecular complexity index is 616. The molecule has 1 unspecified atom stereocenters. The predicted molar refractivity (Wildman–Crippen MR) is 98.3 cm³/mol. The maximum atomic E-state index is 12.2. The molecule has 2 aromatic rings. The average molecular weight is 373 g/mol. The highest BCUT2D eigenvalue weighted by molar-refractivity contribution is 5.94. The molecule has 1 amide bonds. The lowest BCUT2D eigenvalue weighted by Gasteiger charge is -2.14. The average Bonchev–Trinajstić information content (AvgIpc) is 3.22. The van der Waals surface area contributed by atoms with Gasteiger partial charge in [-0.25, -0.2) is 4.98 Å². The number of para-hydroxylation sites is 2. The minimum absolute atomic E-state index is 0. The fourth-order valence-electron chi connectivity index (χ4n) is 2.49. The summed E-state index contributed by atoms with van der Waals surface area (Å²) < 4.78 is 7.74. The summed E-state index contributed by atoms with van der Waals surface area (Å²) in [5.41, 5.74) is 0.727. The second-order valence-electron chi connectivity index (χ2n) is 5.32. The molecule has 1 aliphatic heterocycles. The van der Waals surface area contributed by atoms with Crippen molar-refractivity contribution >= 4 is 36.4 Å². The molecule has 24 heavy (non-hydrogen) atoms. The Morgan fingerprint density at radius 1 is 1.38 bits per heavy atom. The SMILES string of the molecule is Cl.Cl.O=C(Nc1ccccc1OCCn1ccnc1)C1CCNC1. The van der Waals surface area contributed by atoms with Gasteiger partial charge in [-0.05, 0) is 25.1 Å². The van der Waals surface area contributed by atoms with Crippen molar-refractivity contribution in [2.75, 3.05) is 25.0 Å². The molecule has 132 valence electrons. The number of amides is 1. The molecule has 0 aliphatic carbocycles. The van der Waals surface area contributed by atoms with Crippen LogP contribution >= 0.6 is 24.8 Å². The molecular formula is C16H22Cl2N4O2. The highest BCUT2D eigenvalue weighted by Crippen LogP contribution is 2.25.